The van der Waals surface area contributed by atoms with Crippen molar-refractivity contribution < 1.29 is 9.15 Å². The molecule has 0 spiro atoms. The largest absolute Gasteiger partial charge is 0.422 e. The van der Waals surface area contributed by atoms with Crippen LogP contribution in [0.25, 0.3) is 0 Å². The van der Waals surface area contributed by atoms with E-state index in [0.717, 1.165) is 19.4 Å². The molecule has 0 aromatic carbocycles. The Kier molecular flexibility index (Phi) is 3.10. The van der Waals surface area contributed by atoms with E-state index in [4.69, 9.17) is 14.9 Å². The zero-order chi connectivity index (χ0) is 9.80. The van der Waals surface area contributed by atoms with Gasteiger partial charge in [0, 0.05) is 19.6 Å². The van der Waals surface area contributed by atoms with E-state index in [9.17, 15) is 0 Å². The lowest BCUT2D eigenvalue weighted by atomic mass is 10.1. The summed E-state index contributed by atoms with van der Waals surface area (Å²) in [5.41, 5.74) is 5.39. The van der Waals surface area contributed by atoms with Gasteiger partial charge >= 0.3 is 0 Å². The summed E-state index contributed by atoms with van der Waals surface area (Å²) >= 11 is 0. The van der Waals surface area contributed by atoms with E-state index in [1.165, 1.54) is 6.42 Å². The smallest absolute Gasteiger partial charge is 0.245 e. The van der Waals surface area contributed by atoms with Crippen LogP contribution in [0.4, 0.5) is 0 Å². The van der Waals surface area contributed by atoms with E-state index < -0.39 is 0 Å². The second kappa shape index (κ2) is 4.52. The quantitative estimate of drug-likeness (QED) is 0.776. The molecule has 1 aliphatic heterocycles. The summed E-state index contributed by atoms with van der Waals surface area (Å²) in [6.45, 7) is 1.33. The van der Waals surface area contributed by atoms with Crippen molar-refractivity contribution >= 4 is 0 Å². The zero-order valence-electron chi connectivity index (χ0n) is 8.11. The Morgan fingerprint density at radius 2 is 2.29 bits per heavy atom. The molecule has 1 fully saturated rings. The average molecular weight is 197 g/mol. The first kappa shape index (κ1) is 9.61. The Morgan fingerprint density at radius 1 is 1.36 bits per heavy atom. The molecule has 0 radical (unpaired) electrons. The third-order valence-corrected chi connectivity index (χ3v) is 2.30. The minimum absolute atomic E-state index is 0.00257. The predicted molar refractivity (Wildman–Crippen MR) is 49.6 cm³/mol. The summed E-state index contributed by atoms with van der Waals surface area (Å²) in [5, 5.41) is 7.87. The van der Waals surface area contributed by atoms with Crippen LogP contribution < -0.4 is 5.73 Å². The Morgan fingerprint density at radius 3 is 3.00 bits per heavy atom. The molecule has 1 unspecified atom stereocenters. The first-order valence-corrected chi connectivity index (χ1v) is 5.04. The fourth-order valence-corrected chi connectivity index (χ4v) is 1.56. The van der Waals surface area contributed by atoms with Gasteiger partial charge in [0.1, 0.15) is 6.10 Å². The zero-order valence-corrected chi connectivity index (χ0v) is 8.11. The van der Waals surface area contributed by atoms with Crippen LogP contribution >= 0.6 is 0 Å². The topological polar surface area (TPSA) is 74.2 Å². The Labute approximate surface area is 82.6 Å². The number of aromatic nitrogens is 2. The lowest BCUT2D eigenvalue weighted by Crippen LogP contribution is -2.11. The van der Waals surface area contributed by atoms with E-state index in [2.05, 4.69) is 10.2 Å². The van der Waals surface area contributed by atoms with Crippen molar-refractivity contribution in [1.29, 1.82) is 0 Å². The normalized spacial score (nSPS) is 22.5. The third kappa shape index (κ3) is 2.10. The number of ether oxygens (including phenoxy) is 1. The standard InChI is InChI=1S/C9H15N3O2/c10-5-4-8-11-12-9(14-8)7-3-1-2-6-13-7/h7H,1-6,10H2. The highest BCUT2D eigenvalue weighted by atomic mass is 16.5. The predicted octanol–water partition coefficient (Wildman–Crippen LogP) is 0.812. The number of rotatable bonds is 3. The summed E-state index contributed by atoms with van der Waals surface area (Å²) in [6, 6.07) is 0. The van der Waals surface area contributed by atoms with E-state index in [-0.39, 0.29) is 6.10 Å². The highest BCUT2D eigenvalue weighted by Gasteiger charge is 2.21. The van der Waals surface area contributed by atoms with Crippen LogP contribution in [0.3, 0.4) is 0 Å². The van der Waals surface area contributed by atoms with Gasteiger partial charge in [0.25, 0.3) is 0 Å². The molecule has 2 rings (SSSR count). The highest BCUT2D eigenvalue weighted by Crippen LogP contribution is 2.26. The Bertz CT molecular complexity index is 281. The Hall–Kier alpha value is -0.940. The van der Waals surface area contributed by atoms with Crippen LogP contribution in [-0.4, -0.2) is 23.3 Å². The van der Waals surface area contributed by atoms with Crippen LogP contribution in [0.5, 0.6) is 0 Å². The fraction of sp³-hybridized carbons (Fsp3) is 0.778. The molecule has 1 aromatic rings. The van der Waals surface area contributed by atoms with Crippen molar-refractivity contribution in [3.63, 3.8) is 0 Å². The molecule has 0 bridgehead atoms. The number of nitrogens with zero attached hydrogens (tertiary/aromatic N) is 2. The van der Waals surface area contributed by atoms with Gasteiger partial charge < -0.3 is 14.9 Å². The van der Waals surface area contributed by atoms with Crippen molar-refractivity contribution in [3.05, 3.63) is 11.8 Å². The van der Waals surface area contributed by atoms with Gasteiger partial charge in [-0.05, 0) is 19.3 Å². The third-order valence-electron chi connectivity index (χ3n) is 2.30. The van der Waals surface area contributed by atoms with Crippen LogP contribution in [0.15, 0.2) is 4.42 Å². The van der Waals surface area contributed by atoms with E-state index in [0.29, 0.717) is 24.7 Å². The summed E-state index contributed by atoms with van der Waals surface area (Å²) in [5.74, 6) is 1.21. The molecule has 78 valence electrons. The molecule has 5 heteroatoms. The van der Waals surface area contributed by atoms with Crippen molar-refractivity contribution in [2.45, 2.75) is 31.8 Å². The molecular weight excluding hydrogens is 182 g/mol. The molecule has 0 amide bonds. The van der Waals surface area contributed by atoms with Gasteiger partial charge in [0.15, 0.2) is 0 Å². The lowest BCUT2D eigenvalue weighted by molar-refractivity contribution is -0.00208. The monoisotopic (exact) mass is 197 g/mol. The SMILES string of the molecule is NCCc1nnc(C2CCCCO2)o1. The molecule has 2 heterocycles. The number of hydrogen-bond acceptors (Lipinski definition) is 5. The van der Waals surface area contributed by atoms with Crippen LogP contribution in [0.2, 0.25) is 0 Å². The van der Waals surface area contributed by atoms with Crippen molar-refractivity contribution in [2.75, 3.05) is 13.2 Å². The van der Waals surface area contributed by atoms with E-state index >= 15 is 0 Å². The molecule has 1 saturated heterocycles. The number of nitrogens with two attached hydrogens (primary N) is 1. The van der Waals surface area contributed by atoms with Gasteiger partial charge in [-0.15, -0.1) is 10.2 Å². The molecule has 0 saturated carbocycles. The van der Waals surface area contributed by atoms with Gasteiger partial charge in [0.05, 0.1) is 0 Å². The van der Waals surface area contributed by atoms with Gasteiger partial charge in [0.2, 0.25) is 11.8 Å². The van der Waals surface area contributed by atoms with Gasteiger partial charge in [-0.3, -0.25) is 0 Å². The summed E-state index contributed by atoms with van der Waals surface area (Å²) in [4.78, 5) is 0. The first-order chi connectivity index (χ1) is 6.90. The molecule has 2 N–H and O–H groups in total. The minimum atomic E-state index is 0.00257. The average Bonchev–Trinajstić information content (AvgIpc) is 2.68. The van der Waals surface area contributed by atoms with E-state index in [1.54, 1.807) is 0 Å². The summed E-state index contributed by atoms with van der Waals surface area (Å²) in [7, 11) is 0. The molecular formula is C9H15N3O2. The highest BCUT2D eigenvalue weighted by molar-refractivity contribution is 4.88. The second-order valence-electron chi connectivity index (χ2n) is 3.43. The molecule has 14 heavy (non-hydrogen) atoms. The molecule has 1 aliphatic rings. The van der Waals surface area contributed by atoms with Crippen LogP contribution in [-0.2, 0) is 11.2 Å². The van der Waals surface area contributed by atoms with Gasteiger partial charge in [-0.2, -0.15) is 0 Å². The van der Waals surface area contributed by atoms with Crippen LogP contribution in [0.1, 0.15) is 37.1 Å². The summed E-state index contributed by atoms with van der Waals surface area (Å²) in [6.07, 6.45) is 3.91. The Balaban J connectivity index is 2.00. The number of hydrogen-bond donors (Lipinski definition) is 1. The summed E-state index contributed by atoms with van der Waals surface area (Å²) < 4.78 is 11.0. The van der Waals surface area contributed by atoms with Crippen molar-refractivity contribution in [3.8, 4) is 0 Å². The molecule has 1 aromatic heterocycles. The molecule has 1 atom stereocenters. The fourth-order valence-electron chi connectivity index (χ4n) is 1.56. The maximum Gasteiger partial charge on any atom is 0.245 e. The van der Waals surface area contributed by atoms with Gasteiger partial charge in [-0.25, -0.2) is 0 Å². The maximum absolute atomic E-state index is 5.53. The van der Waals surface area contributed by atoms with Crippen molar-refractivity contribution in [1.82, 2.24) is 10.2 Å². The maximum atomic E-state index is 5.53. The minimum Gasteiger partial charge on any atom is -0.422 e. The van der Waals surface area contributed by atoms with Gasteiger partial charge in [-0.1, -0.05) is 0 Å². The second-order valence-corrected chi connectivity index (χ2v) is 3.43. The molecule has 5 nitrogen and oxygen atoms in total. The lowest BCUT2D eigenvalue weighted by Gasteiger charge is -2.18. The van der Waals surface area contributed by atoms with E-state index in [1.807, 2.05) is 0 Å². The van der Waals surface area contributed by atoms with Crippen molar-refractivity contribution in [2.24, 2.45) is 5.73 Å². The first-order valence-electron chi connectivity index (χ1n) is 5.04. The van der Waals surface area contributed by atoms with Crippen LogP contribution in [0, 0.1) is 0 Å². The molecule has 0 aliphatic carbocycles.